The van der Waals surface area contributed by atoms with Gasteiger partial charge in [0.1, 0.15) is 0 Å². The van der Waals surface area contributed by atoms with Gasteiger partial charge in [0, 0.05) is 5.54 Å². The summed E-state index contributed by atoms with van der Waals surface area (Å²) >= 11 is 0. The lowest BCUT2D eigenvalue weighted by Gasteiger charge is -2.46. The zero-order valence-corrected chi connectivity index (χ0v) is 10.4. The van der Waals surface area contributed by atoms with E-state index in [1.165, 1.54) is 12.8 Å². The van der Waals surface area contributed by atoms with Gasteiger partial charge in [0.15, 0.2) is 0 Å². The fourth-order valence-electron chi connectivity index (χ4n) is 3.75. The molecular formula is C13H23NO2. The summed E-state index contributed by atoms with van der Waals surface area (Å²) in [5, 5.41) is 13.1. The predicted molar refractivity (Wildman–Crippen MR) is 63.3 cm³/mol. The minimum absolute atomic E-state index is 0.0285. The smallest absolute Gasteiger partial charge is 0.310 e. The summed E-state index contributed by atoms with van der Waals surface area (Å²) < 4.78 is 0. The Morgan fingerprint density at radius 1 is 1.31 bits per heavy atom. The first-order valence-electron chi connectivity index (χ1n) is 6.45. The van der Waals surface area contributed by atoms with Crippen LogP contribution in [-0.2, 0) is 4.79 Å². The largest absolute Gasteiger partial charge is 0.481 e. The van der Waals surface area contributed by atoms with Crippen LogP contribution in [0.5, 0.6) is 0 Å². The highest BCUT2D eigenvalue weighted by Gasteiger charge is 2.51. The topological polar surface area (TPSA) is 49.3 Å². The molecular weight excluding hydrogens is 202 g/mol. The van der Waals surface area contributed by atoms with Gasteiger partial charge < -0.3 is 10.4 Å². The van der Waals surface area contributed by atoms with Gasteiger partial charge in [-0.1, -0.05) is 12.8 Å². The maximum absolute atomic E-state index is 11.7. The highest BCUT2D eigenvalue weighted by Crippen LogP contribution is 2.48. The second kappa shape index (κ2) is 4.02. The molecule has 1 unspecified atom stereocenters. The standard InChI is InChI=1S/C13H23NO2/c1-12(2)9-13(11(15)16,7-8-14-12)10-5-3-4-6-10/h10,14H,3-9H2,1-2H3,(H,15,16). The Kier molecular flexibility index (Phi) is 2.99. The lowest BCUT2D eigenvalue weighted by Crippen LogP contribution is -2.55. The molecule has 1 saturated heterocycles. The van der Waals surface area contributed by atoms with Crippen LogP contribution in [-0.4, -0.2) is 23.2 Å². The molecule has 92 valence electrons. The summed E-state index contributed by atoms with van der Waals surface area (Å²) in [6, 6.07) is 0. The van der Waals surface area contributed by atoms with Crippen LogP contribution in [0.25, 0.3) is 0 Å². The maximum Gasteiger partial charge on any atom is 0.310 e. The first kappa shape index (κ1) is 11.9. The van der Waals surface area contributed by atoms with Gasteiger partial charge in [0.05, 0.1) is 5.41 Å². The Bertz CT molecular complexity index is 282. The number of carbonyl (C=O) groups is 1. The highest BCUT2D eigenvalue weighted by atomic mass is 16.4. The van der Waals surface area contributed by atoms with Crippen LogP contribution in [0.4, 0.5) is 0 Å². The molecule has 16 heavy (non-hydrogen) atoms. The average Bonchev–Trinajstić information content (AvgIpc) is 2.68. The molecule has 2 aliphatic rings. The Labute approximate surface area is 97.6 Å². The fraction of sp³-hybridized carbons (Fsp3) is 0.923. The fourth-order valence-corrected chi connectivity index (χ4v) is 3.75. The summed E-state index contributed by atoms with van der Waals surface area (Å²) in [5.74, 6) is -0.152. The van der Waals surface area contributed by atoms with E-state index in [4.69, 9.17) is 0 Å². The van der Waals surface area contributed by atoms with Gasteiger partial charge in [-0.25, -0.2) is 0 Å². The predicted octanol–water partition coefficient (Wildman–Crippen LogP) is 2.41. The number of aliphatic carboxylic acids is 1. The summed E-state index contributed by atoms with van der Waals surface area (Å²) in [6.45, 7) is 5.09. The van der Waals surface area contributed by atoms with E-state index >= 15 is 0 Å². The molecule has 0 spiro atoms. The number of piperidine rings is 1. The lowest BCUT2D eigenvalue weighted by atomic mass is 9.63. The zero-order valence-electron chi connectivity index (χ0n) is 10.4. The van der Waals surface area contributed by atoms with Crippen molar-refractivity contribution in [3.8, 4) is 0 Å². The van der Waals surface area contributed by atoms with Crippen LogP contribution in [0.2, 0.25) is 0 Å². The molecule has 1 atom stereocenters. The minimum atomic E-state index is -0.561. The number of nitrogens with one attached hydrogen (secondary N) is 1. The van der Waals surface area contributed by atoms with Gasteiger partial charge in [-0.05, 0) is 52.0 Å². The van der Waals surface area contributed by atoms with Crippen molar-refractivity contribution in [3.63, 3.8) is 0 Å². The van der Waals surface area contributed by atoms with E-state index in [2.05, 4.69) is 19.2 Å². The van der Waals surface area contributed by atoms with Gasteiger partial charge in [0.25, 0.3) is 0 Å². The normalized spacial score (nSPS) is 35.1. The molecule has 0 aromatic heterocycles. The van der Waals surface area contributed by atoms with E-state index in [9.17, 15) is 9.90 Å². The molecule has 0 amide bonds. The van der Waals surface area contributed by atoms with Crippen molar-refractivity contribution in [2.75, 3.05) is 6.54 Å². The number of carboxylic acids is 1. The van der Waals surface area contributed by atoms with Crippen LogP contribution in [0.3, 0.4) is 0 Å². The molecule has 0 bridgehead atoms. The van der Waals surface area contributed by atoms with Crippen LogP contribution in [0, 0.1) is 11.3 Å². The quantitative estimate of drug-likeness (QED) is 0.758. The number of rotatable bonds is 2. The van der Waals surface area contributed by atoms with Crippen LogP contribution < -0.4 is 5.32 Å². The molecule has 1 aliphatic carbocycles. The van der Waals surface area contributed by atoms with Crippen molar-refractivity contribution < 1.29 is 9.90 Å². The number of hydrogen-bond donors (Lipinski definition) is 2. The molecule has 0 aromatic carbocycles. The van der Waals surface area contributed by atoms with Crippen molar-refractivity contribution >= 4 is 5.97 Å². The molecule has 0 aromatic rings. The molecule has 1 aliphatic heterocycles. The Morgan fingerprint density at radius 3 is 2.44 bits per heavy atom. The van der Waals surface area contributed by atoms with Crippen molar-refractivity contribution in [1.29, 1.82) is 0 Å². The van der Waals surface area contributed by atoms with Gasteiger partial charge in [0.2, 0.25) is 0 Å². The van der Waals surface area contributed by atoms with Crippen molar-refractivity contribution in [1.82, 2.24) is 5.32 Å². The molecule has 1 saturated carbocycles. The number of hydrogen-bond acceptors (Lipinski definition) is 2. The third-order valence-corrected chi connectivity index (χ3v) is 4.49. The summed E-state index contributed by atoms with van der Waals surface area (Å²) in [6.07, 6.45) is 6.24. The third kappa shape index (κ3) is 1.97. The third-order valence-electron chi connectivity index (χ3n) is 4.49. The average molecular weight is 225 g/mol. The van der Waals surface area contributed by atoms with Crippen molar-refractivity contribution in [2.45, 2.75) is 57.9 Å². The Morgan fingerprint density at radius 2 is 1.94 bits per heavy atom. The van der Waals surface area contributed by atoms with Crippen LogP contribution in [0.15, 0.2) is 0 Å². The van der Waals surface area contributed by atoms with Gasteiger partial charge in [-0.15, -0.1) is 0 Å². The summed E-state index contributed by atoms with van der Waals surface area (Å²) in [7, 11) is 0. The van der Waals surface area contributed by atoms with E-state index < -0.39 is 11.4 Å². The number of carboxylic acid groups (broad SMARTS) is 1. The van der Waals surface area contributed by atoms with E-state index in [1.54, 1.807) is 0 Å². The lowest BCUT2D eigenvalue weighted by molar-refractivity contribution is -0.157. The molecule has 0 radical (unpaired) electrons. The molecule has 3 heteroatoms. The maximum atomic E-state index is 11.7. The minimum Gasteiger partial charge on any atom is -0.481 e. The van der Waals surface area contributed by atoms with Crippen LogP contribution in [0.1, 0.15) is 52.4 Å². The van der Waals surface area contributed by atoms with Crippen molar-refractivity contribution in [2.24, 2.45) is 11.3 Å². The first-order valence-corrected chi connectivity index (χ1v) is 6.45. The first-order chi connectivity index (χ1) is 7.46. The monoisotopic (exact) mass is 225 g/mol. The molecule has 2 N–H and O–H groups in total. The van der Waals surface area contributed by atoms with E-state index in [1.807, 2.05) is 0 Å². The van der Waals surface area contributed by atoms with E-state index in [0.29, 0.717) is 5.92 Å². The molecule has 2 rings (SSSR count). The summed E-state index contributed by atoms with van der Waals surface area (Å²) in [4.78, 5) is 11.7. The van der Waals surface area contributed by atoms with E-state index in [-0.39, 0.29) is 5.54 Å². The summed E-state index contributed by atoms with van der Waals surface area (Å²) in [5.41, 5.74) is -0.482. The second-order valence-electron chi connectivity index (χ2n) is 6.18. The van der Waals surface area contributed by atoms with Crippen molar-refractivity contribution in [3.05, 3.63) is 0 Å². The SMILES string of the molecule is CC1(C)CC(C(=O)O)(C2CCCC2)CCN1. The zero-order chi connectivity index (χ0) is 11.8. The highest BCUT2D eigenvalue weighted by molar-refractivity contribution is 5.75. The van der Waals surface area contributed by atoms with Gasteiger partial charge >= 0.3 is 5.97 Å². The van der Waals surface area contributed by atoms with Gasteiger partial charge in [-0.2, -0.15) is 0 Å². The van der Waals surface area contributed by atoms with Gasteiger partial charge in [-0.3, -0.25) is 4.79 Å². The van der Waals surface area contributed by atoms with E-state index in [0.717, 1.165) is 32.2 Å². The molecule has 2 fully saturated rings. The van der Waals surface area contributed by atoms with Crippen LogP contribution >= 0.6 is 0 Å². The molecule has 1 heterocycles. The second-order valence-corrected chi connectivity index (χ2v) is 6.18. The Balaban J connectivity index is 2.24. The molecule has 3 nitrogen and oxygen atoms in total. The Hall–Kier alpha value is -0.570.